The Balaban J connectivity index is 4.28. The van der Waals surface area contributed by atoms with Crippen molar-refractivity contribution in [2.24, 2.45) is 20.9 Å². The van der Waals surface area contributed by atoms with Gasteiger partial charge in [0.15, 0.2) is 0 Å². The van der Waals surface area contributed by atoms with Crippen LogP contribution in [0.5, 0.6) is 0 Å². The highest BCUT2D eigenvalue weighted by Gasteiger charge is 2.16. The van der Waals surface area contributed by atoms with Crippen molar-refractivity contribution in [3.05, 3.63) is 0 Å². The van der Waals surface area contributed by atoms with Crippen LogP contribution in [0.4, 0.5) is 0 Å². The molecule has 86 valence electrons. The van der Waals surface area contributed by atoms with Gasteiger partial charge in [0.25, 0.3) is 0 Å². The summed E-state index contributed by atoms with van der Waals surface area (Å²) in [5.41, 5.74) is 0. The molecule has 0 amide bonds. The molecule has 0 saturated carbocycles. The van der Waals surface area contributed by atoms with E-state index in [1.807, 2.05) is 0 Å². The molecule has 1 unspecified atom stereocenters. The van der Waals surface area contributed by atoms with Crippen LogP contribution in [0.2, 0.25) is 0 Å². The molecule has 0 spiro atoms. The number of hydrogen-bond acceptors (Lipinski definition) is 7. The molecule has 7 heteroatoms. The lowest BCUT2D eigenvalue weighted by atomic mass is 10.0. The Labute approximate surface area is 117 Å². The molecule has 0 saturated heterocycles. The zero-order valence-electron chi connectivity index (χ0n) is 8.50. The normalized spacial score (nSPS) is 12.6. The summed E-state index contributed by atoms with van der Waals surface area (Å²) in [6, 6.07) is 0. The largest absolute Gasteiger partial charge is 0.232 e. The van der Waals surface area contributed by atoms with Gasteiger partial charge in [0.1, 0.15) is 0 Å². The van der Waals surface area contributed by atoms with Crippen LogP contribution in [0.3, 0.4) is 0 Å². The Hall–Kier alpha value is -0.250. The van der Waals surface area contributed by atoms with Gasteiger partial charge in [-0.05, 0) is 43.1 Å². The van der Waals surface area contributed by atoms with Crippen molar-refractivity contribution in [3.63, 3.8) is 0 Å². The second kappa shape index (κ2) is 11.2. The van der Waals surface area contributed by atoms with Crippen LogP contribution in [0.1, 0.15) is 6.42 Å². The van der Waals surface area contributed by atoms with E-state index in [-0.39, 0.29) is 11.2 Å². The first-order chi connectivity index (χ1) is 7.76. The topological polar surface area (TPSA) is 37.1 Å². The van der Waals surface area contributed by atoms with Crippen LogP contribution in [0, 0.1) is 5.92 Å². The lowest BCUT2D eigenvalue weighted by Crippen LogP contribution is -2.22. The summed E-state index contributed by atoms with van der Waals surface area (Å²) in [5.74, 6) is 0.162. The highest BCUT2D eigenvalue weighted by atomic mass is 32.1. The Morgan fingerprint density at radius 3 is 1.88 bits per heavy atom. The van der Waals surface area contributed by atoms with E-state index in [1.165, 1.54) is 0 Å². The molecule has 3 nitrogen and oxygen atoms in total. The first kappa shape index (κ1) is 15.8. The third-order valence-electron chi connectivity index (χ3n) is 1.93. The van der Waals surface area contributed by atoms with E-state index in [1.54, 1.807) is 0 Å². The lowest BCUT2D eigenvalue weighted by Gasteiger charge is -2.17. The lowest BCUT2D eigenvalue weighted by molar-refractivity contribution is 0.513. The van der Waals surface area contributed by atoms with Crippen LogP contribution >= 0.6 is 49.3 Å². The van der Waals surface area contributed by atoms with E-state index < -0.39 is 0 Å². The van der Waals surface area contributed by atoms with Gasteiger partial charge in [0.2, 0.25) is 0 Å². The molecular weight excluding hydrogens is 278 g/mol. The smallest absolute Gasteiger partial charge is 0.0585 e. The molecule has 0 aromatic heterocycles. The molecule has 0 aliphatic carbocycles. The average Bonchev–Trinajstić information content (AvgIpc) is 2.29. The highest BCUT2D eigenvalue weighted by molar-refractivity contribution is 7.81. The van der Waals surface area contributed by atoms with Crippen LogP contribution in [-0.2, 0) is 0 Å². The molecule has 0 bridgehead atoms. The van der Waals surface area contributed by atoms with Gasteiger partial charge in [0.05, 0.1) is 35.1 Å². The zero-order valence-corrected chi connectivity index (χ0v) is 11.8. The van der Waals surface area contributed by atoms with Gasteiger partial charge in [0, 0.05) is 11.2 Å². The summed E-state index contributed by atoms with van der Waals surface area (Å²) >= 11 is 18.0. The third-order valence-corrected chi connectivity index (χ3v) is 2.99. The van der Waals surface area contributed by atoms with Gasteiger partial charge >= 0.3 is 0 Å². The Morgan fingerprint density at radius 2 is 1.44 bits per heavy atom. The maximum absolute atomic E-state index is 4.53. The van der Waals surface area contributed by atoms with Crippen molar-refractivity contribution in [3.8, 4) is 0 Å². The molecule has 0 fully saturated rings. The predicted octanol–water partition coefficient (Wildman–Crippen LogP) is 2.60. The summed E-state index contributed by atoms with van der Waals surface area (Å²) in [5, 5.41) is 7.10. The minimum atomic E-state index is 0.117. The van der Waals surface area contributed by atoms with E-state index >= 15 is 0 Å². The number of nitrogens with zero attached hydrogens (tertiary/aromatic N) is 3. The molecule has 0 aliphatic heterocycles. The predicted molar refractivity (Wildman–Crippen MR) is 80.6 cm³/mol. The van der Waals surface area contributed by atoms with Crippen molar-refractivity contribution >= 4 is 64.8 Å². The SMILES string of the molecule is S=C=NCCC(S)C(CN=C=S)CN=C=S. The molecule has 0 radical (unpaired) electrons. The van der Waals surface area contributed by atoms with Crippen LogP contribution in [0.15, 0.2) is 15.0 Å². The summed E-state index contributed by atoms with van der Waals surface area (Å²) in [7, 11) is 0. The number of rotatable bonds is 8. The summed E-state index contributed by atoms with van der Waals surface area (Å²) in [4.78, 5) is 11.6. The average molecular weight is 289 g/mol. The second-order valence-electron chi connectivity index (χ2n) is 2.95. The van der Waals surface area contributed by atoms with Crippen molar-refractivity contribution in [1.82, 2.24) is 0 Å². The minimum absolute atomic E-state index is 0.117. The maximum Gasteiger partial charge on any atom is 0.0585 e. The molecule has 0 N–H and O–H groups in total. The van der Waals surface area contributed by atoms with Crippen LogP contribution < -0.4 is 0 Å². The summed E-state index contributed by atoms with van der Waals surface area (Å²) in [6.45, 7) is 1.69. The maximum atomic E-state index is 4.53. The monoisotopic (exact) mass is 289 g/mol. The minimum Gasteiger partial charge on any atom is -0.232 e. The fourth-order valence-corrected chi connectivity index (χ4v) is 1.63. The number of hydrogen-bond donors (Lipinski definition) is 1. The molecule has 0 heterocycles. The Bertz CT molecular complexity index is 319. The van der Waals surface area contributed by atoms with E-state index in [2.05, 4.69) is 79.7 Å². The first-order valence-corrected chi connectivity index (χ1v) is 6.29. The van der Waals surface area contributed by atoms with Crippen molar-refractivity contribution in [1.29, 1.82) is 0 Å². The standard InChI is InChI=1S/C9H11N3S4/c13-5-10-2-1-9(16)8(3-11-6-14)4-12-7-15/h8-9,16H,1-4H2. The molecule has 0 rings (SSSR count). The summed E-state index contributed by atoms with van der Waals surface area (Å²) < 4.78 is 0. The zero-order chi connectivity index (χ0) is 12.2. The number of aliphatic imine (C=N–C) groups is 3. The Kier molecular flexibility index (Phi) is 11.1. The fraction of sp³-hybridized carbons (Fsp3) is 0.667. The number of thiol groups is 1. The van der Waals surface area contributed by atoms with E-state index in [0.717, 1.165) is 6.42 Å². The first-order valence-electron chi connectivity index (χ1n) is 4.55. The van der Waals surface area contributed by atoms with Crippen molar-refractivity contribution in [2.75, 3.05) is 19.6 Å². The summed E-state index contributed by atoms with van der Waals surface area (Å²) in [6.07, 6.45) is 0.789. The molecule has 0 aliphatic rings. The fourth-order valence-electron chi connectivity index (χ4n) is 1.09. The van der Waals surface area contributed by atoms with Gasteiger partial charge in [-0.25, -0.2) is 15.0 Å². The van der Waals surface area contributed by atoms with Gasteiger partial charge in [-0.15, -0.1) is 0 Å². The highest BCUT2D eigenvalue weighted by Crippen LogP contribution is 2.15. The van der Waals surface area contributed by atoms with E-state index in [0.29, 0.717) is 19.6 Å². The van der Waals surface area contributed by atoms with Gasteiger partial charge in [-0.1, -0.05) is 0 Å². The van der Waals surface area contributed by atoms with Crippen molar-refractivity contribution < 1.29 is 0 Å². The van der Waals surface area contributed by atoms with Crippen LogP contribution in [0.25, 0.3) is 0 Å². The molecular formula is C9H11N3S4. The number of isothiocyanates is 3. The van der Waals surface area contributed by atoms with Gasteiger partial charge in [-0.2, -0.15) is 12.6 Å². The van der Waals surface area contributed by atoms with E-state index in [9.17, 15) is 0 Å². The van der Waals surface area contributed by atoms with Crippen molar-refractivity contribution in [2.45, 2.75) is 11.7 Å². The molecule has 1 atom stereocenters. The second-order valence-corrected chi connectivity index (χ2v) is 4.16. The van der Waals surface area contributed by atoms with Gasteiger partial charge in [-0.3, -0.25) is 0 Å². The molecule has 16 heavy (non-hydrogen) atoms. The van der Waals surface area contributed by atoms with Gasteiger partial charge < -0.3 is 0 Å². The van der Waals surface area contributed by atoms with Crippen LogP contribution in [-0.4, -0.2) is 40.4 Å². The quantitative estimate of drug-likeness (QED) is 0.424. The molecule has 0 aromatic carbocycles. The van der Waals surface area contributed by atoms with E-state index in [4.69, 9.17) is 0 Å². The molecule has 0 aromatic rings. The Morgan fingerprint density at radius 1 is 0.938 bits per heavy atom. The third kappa shape index (κ3) is 7.97. The number of thiocarbonyl (C=S) groups is 3.